The maximum absolute atomic E-state index is 12.9. The zero-order valence-corrected chi connectivity index (χ0v) is 21.5. The Hall–Kier alpha value is -1.89. The second-order valence-electron chi connectivity index (χ2n) is 8.92. The summed E-state index contributed by atoms with van der Waals surface area (Å²) in [5.74, 6) is -1.35. The molecule has 0 aromatic rings. The number of carboxylic acid groups (broad SMARTS) is 1. The van der Waals surface area contributed by atoms with E-state index in [2.05, 4.69) is 19.2 Å². The fourth-order valence-electron chi connectivity index (χ4n) is 2.97. The lowest BCUT2D eigenvalue weighted by atomic mass is 9.85. The van der Waals surface area contributed by atoms with Gasteiger partial charge in [-0.2, -0.15) is 0 Å². The third-order valence-electron chi connectivity index (χ3n) is 4.86. The van der Waals surface area contributed by atoms with Gasteiger partial charge in [0.1, 0.15) is 6.04 Å². The number of nitrogens with zero attached hydrogens (tertiary/aromatic N) is 2. The molecule has 2 N–H and O–H groups in total. The molecule has 1 heterocycles. The van der Waals surface area contributed by atoms with Gasteiger partial charge in [-0.15, -0.1) is 0 Å². The van der Waals surface area contributed by atoms with Gasteiger partial charge in [0, 0.05) is 19.2 Å². The van der Waals surface area contributed by atoms with Gasteiger partial charge < -0.3 is 15.3 Å². The third kappa shape index (κ3) is 11.9. The van der Waals surface area contributed by atoms with Gasteiger partial charge in [-0.25, -0.2) is 4.79 Å². The van der Waals surface area contributed by atoms with Crippen LogP contribution in [-0.4, -0.2) is 72.0 Å². The van der Waals surface area contributed by atoms with Crippen molar-refractivity contribution in [2.45, 2.75) is 93.2 Å². The van der Waals surface area contributed by atoms with Crippen LogP contribution in [0.25, 0.3) is 0 Å². The normalized spacial score (nSPS) is 17.9. The molecule has 31 heavy (non-hydrogen) atoms. The molecule has 182 valence electrons. The van der Waals surface area contributed by atoms with Crippen LogP contribution in [-0.2, 0) is 14.4 Å². The lowest BCUT2D eigenvalue weighted by Gasteiger charge is -2.37. The van der Waals surface area contributed by atoms with Crippen molar-refractivity contribution < 1.29 is 19.5 Å². The first-order valence-electron chi connectivity index (χ1n) is 11.5. The molecule has 1 fully saturated rings. The molecule has 7 heteroatoms. The number of carbonyl (C=O) groups is 3. The van der Waals surface area contributed by atoms with Gasteiger partial charge >= 0.3 is 5.97 Å². The van der Waals surface area contributed by atoms with Crippen molar-refractivity contribution in [3.05, 3.63) is 11.6 Å². The summed E-state index contributed by atoms with van der Waals surface area (Å²) in [4.78, 5) is 40.0. The average molecular weight is 442 g/mol. The lowest BCUT2D eigenvalue weighted by molar-refractivity contribution is -0.139. The summed E-state index contributed by atoms with van der Waals surface area (Å²) in [7, 11) is 3.55. The maximum atomic E-state index is 12.9. The molecule has 1 saturated heterocycles. The lowest BCUT2D eigenvalue weighted by Crippen LogP contribution is -2.58. The fourth-order valence-corrected chi connectivity index (χ4v) is 2.97. The first-order chi connectivity index (χ1) is 14.4. The number of aliphatic carboxylic acids is 1. The number of likely N-dealkylation sites (tertiary alicyclic amines) is 1. The Labute approximate surface area is 190 Å². The van der Waals surface area contributed by atoms with Crippen LogP contribution in [0, 0.1) is 5.41 Å². The number of likely N-dealkylation sites (N-methyl/N-ethyl adjacent to an activating group) is 2. The van der Waals surface area contributed by atoms with Crippen molar-refractivity contribution in [3.8, 4) is 0 Å². The minimum Gasteiger partial charge on any atom is -0.478 e. The molecule has 0 aromatic carbocycles. The summed E-state index contributed by atoms with van der Waals surface area (Å²) < 4.78 is 0. The van der Waals surface area contributed by atoms with E-state index in [0.717, 1.165) is 25.8 Å². The molecule has 0 bridgehead atoms. The second kappa shape index (κ2) is 15.8. The van der Waals surface area contributed by atoms with Gasteiger partial charge in [0.15, 0.2) is 0 Å². The van der Waals surface area contributed by atoms with Crippen molar-refractivity contribution in [2.75, 3.05) is 27.2 Å². The van der Waals surface area contributed by atoms with Gasteiger partial charge in [0.2, 0.25) is 11.8 Å². The van der Waals surface area contributed by atoms with Crippen LogP contribution in [0.3, 0.4) is 0 Å². The summed E-state index contributed by atoms with van der Waals surface area (Å²) in [6.45, 7) is 16.5. The van der Waals surface area contributed by atoms with E-state index in [1.807, 2.05) is 46.6 Å². The van der Waals surface area contributed by atoms with Gasteiger partial charge in [0.25, 0.3) is 0 Å². The van der Waals surface area contributed by atoms with Gasteiger partial charge in [-0.05, 0) is 38.8 Å². The summed E-state index contributed by atoms with van der Waals surface area (Å²) in [5.41, 5.74) is -0.274. The standard InChI is InChI=1S/C19H33N3O4.C3H8.C2H6/c1-13(18(25)26)10-12-22(6)17(24)15(19(2,3)4)20-16(23)14-9-7-8-11-21(14)5;1-3-2;1-2/h10,14-15H,7-9,11-12H2,1-6H3,(H,20,23)(H,25,26);3H2,1-2H3;1-2H3/b13-10+;;. The van der Waals surface area contributed by atoms with Crippen LogP contribution >= 0.6 is 0 Å². The molecule has 2 atom stereocenters. The molecule has 0 spiro atoms. The van der Waals surface area contributed by atoms with E-state index in [1.165, 1.54) is 24.3 Å². The number of nitrogens with one attached hydrogen (secondary N) is 1. The molecule has 0 aromatic heterocycles. The largest absolute Gasteiger partial charge is 0.478 e. The van der Waals surface area contributed by atoms with Crippen molar-refractivity contribution in [2.24, 2.45) is 5.41 Å². The summed E-state index contributed by atoms with van der Waals surface area (Å²) in [5, 5.41) is 11.9. The minimum atomic E-state index is -1.01. The highest BCUT2D eigenvalue weighted by Gasteiger charge is 2.37. The van der Waals surface area contributed by atoms with E-state index in [4.69, 9.17) is 5.11 Å². The van der Waals surface area contributed by atoms with E-state index in [-0.39, 0.29) is 30.0 Å². The molecule has 7 nitrogen and oxygen atoms in total. The average Bonchev–Trinajstić information content (AvgIpc) is 2.70. The van der Waals surface area contributed by atoms with E-state index in [1.54, 1.807) is 7.05 Å². The Morgan fingerprint density at radius 2 is 1.71 bits per heavy atom. The summed E-state index contributed by atoms with van der Waals surface area (Å²) in [6, 6.07) is -0.880. The maximum Gasteiger partial charge on any atom is 0.331 e. The monoisotopic (exact) mass is 441 g/mol. The number of carboxylic acids is 1. The molecule has 1 aliphatic heterocycles. The fraction of sp³-hybridized carbons (Fsp3) is 0.792. The van der Waals surface area contributed by atoms with Crippen molar-refractivity contribution in [3.63, 3.8) is 0 Å². The van der Waals surface area contributed by atoms with Gasteiger partial charge in [-0.1, -0.05) is 67.4 Å². The zero-order valence-electron chi connectivity index (χ0n) is 21.5. The Bertz CT molecular complexity index is 582. The third-order valence-corrected chi connectivity index (χ3v) is 4.86. The molecule has 0 radical (unpaired) electrons. The highest BCUT2D eigenvalue weighted by atomic mass is 16.4. The number of rotatable bonds is 6. The molecule has 2 unspecified atom stereocenters. The second-order valence-corrected chi connectivity index (χ2v) is 8.92. The van der Waals surface area contributed by atoms with E-state index < -0.39 is 17.4 Å². The van der Waals surface area contributed by atoms with Crippen molar-refractivity contribution in [1.82, 2.24) is 15.1 Å². The Morgan fingerprint density at radius 3 is 2.13 bits per heavy atom. The van der Waals surface area contributed by atoms with Gasteiger partial charge in [0.05, 0.1) is 6.04 Å². The summed E-state index contributed by atoms with van der Waals surface area (Å²) >= 11 is 0. The number of piperidine rings is 1. The molecule has 1 rings (SSSR count). The van der Waals surface area contributed by atoms with Crippen molar-refractivity contribution in [1.29, 1.82) is 0 Å². The highest BCUT2D eigenvalue weighted by molar-refractivity contribution is 5.90. The SMILES string of the molecule is C/C(=C\CN(C)C(=O)C(NC(=O)C1CCCCN1C)C(C)(C)C)C(=O)O.CC.CCC. The molecular weight excluding hydrogens is 394 g/mol. The molecule has 1 aliphatic rings. The first-order valence-corrected chi connectivity index (χ1v) is 11.5. The Balaban J connectivity index is 0. The Kier molecular flexibility index (Phi) is 16.0. The topological polar surface area (TPSA) is 90.0 Å². The molecule has 0 aliphatic carbocycles. The number of amides is 2. The molecule has 0 saturated carbocycles. The van der Waals surface area contributed by atoms with E-state index in [9.17, 15) is 14.4 Å². The van der Waals surface area contributed by atoms with Crippen LogP contribution in [0.2, 0.25) is 0 Å². The Morgan fingerprint density at radius 1 is 1.19 bits per heavy atom. The quantitative estimate of drug-likeness (QED) is 0.610. The van der Waals surface area contributed by atoms with Crippen molar-refractivity contribution >= 4 is 17.8 Å². The van der Waals surface area contributed by atoms with Crippen LogP contribution < -0.4 is 5.32 Å². The number of hydrogen-bond acceptors (Lipinski definition) is 4. The highest BCUT2D eigenvalue weighted by Crippen LogP contribution is 2.22. The van der Waals surface area contributed by atoms with Crippen LogP contribution in [0.5, 0.6) is 0 Å². The number of hydrogen-bond donors (Lipinski definition) is 2. The van der Waals surface area contributed by atoms with Crippen LogP contribution in [0.4, 0.5) is 0 Å². The molecular formula is C24H47N3O4. The van der Waals surface area contributed by atoms with Crippen LogP contribution in [0.15, 0.2) is 11.6 Å². The van der Waals surface area contributed by atoms with E-state index >= 15 is 0 Å². The first kappa shape index (κ1) is 31.3. The molecule has 2 amide bonds. The predicted molar refractivity (Wildman–Crippen MR) is 128 cm³/mol. The predicted octanol–water partition coefficient (Wildman–Crippen LogP) is 3.93. The number of carbonyl (C=O) groups excluding carboxylic acids is 2. The smallest absolute Gasteiger partial charge is 0.331 e. The zero-order chi connectivity index (χ0) is 24.8. The minimum absolute atomic E-state index is 0.119. The summed E-state index contributed by atoms with van der Waals surface area (Å²) in [6.07, 6.45) is 5.64. The van der Waals surface area contributed by atoms with E-state index in [0.29, 0.717) is 0 Å². The van der Waals surface area contributed by atoms with Gasteiger partial charge in [-0.3, -0.25) is 14.5 Å². The van der Waals surface area contributed by atoms with Crippen LogP contribution in [0.1, 0.15) is 81.1 Å².